The van der Waals surface area contributed by atoms with Crippen LogP contribution in [0.1, 0.15) is 21.5 Å². The number of halogens is 3. The van der Waals surface area contributed by atoms with E-state index in [1.807, 2.05) is 0 Å². The van der Waals surface area contributed by atoms with Gasteiger partial charge in [-0.25, -0.2) is 18.4 Å². The number of esters is 1. The minimum absolute atomic E-state index is 0.265. The van der Waals surface area contributed by atoms with Gasteiger partial charge in [-0.3, -0.25) is 0 Å². The van der Waals surface area contributed by atoms with Crippen molar-refractivity contribution in [3.8, 4) is 0 Å². The van der Waals surface area contributed by atoms with E-state index in [0.29, 0.717) is 27.6 Å². The number of hydrogen-bond acceptors (Lipinski definition) is 4. The second-order valence-corrected chi connectivity index (χ2v) is 5.83. The van der Waals surface area contributed by atoms with Crippen LogP contribution in [0.5, 0.6) is 0 Å². The molecule has 2 aromatic carbocycles. The van der Waals surface area contributed by atoms with Crippen LogP contribution < -0.4 is 5.63 Å². The molecule has 7 heteroatoms. The lowest BCUT2D eigenvalue weighted by Gasteiger charge is -2.09. The van der Waals surface area contributed by atoms with Gasteiger partial charge in [0.25, 0.3) is 0 Å². The Morgan fingerprint density at radius 1 is 1.12 bits per heavy atom. The zero-order valence-electron chi connectivity index (χ0n) is 12.9. The zero-order chi connectivity index (χ0) is 18.1. The van der Waals surface area contributed by atoms with E-state index >= 15 is 0 Å². The second-order valence-electron chi connectivity index (χ2n) is 5.42. The van der Waals surface area contributed by atoms with Crippen LogP contribution in [0.4, 0.5) is 8.78 Å². The summed E-state index contributed by atoms with van der Waals surface area (Å²) in [6, 6.07) is 6.75. The number of ether oxygens (including phenoxy) is 1. The number of aryl methyl sites for hydroxylation is 1. The monoisotopic (exact) mass is 364 g/mol. The van der Waals surface area contributed by atoms with E-state index in [1.165, 1.54) is 6.07 Å². The Kier molecular flexibility index (Phi) is 4.55. The topological polar surface area (TPSA) is 56.5 Å². The maximum atomic E-state index is 13.2. The molecular formula is C18H11ClF2O4. The molecule has 0 fully saturated rings. The van der Waals surface area contributed by atoms with Gasteiger partial charge in [0.1, 0.15) is 23.8 Å². The molecule has 0 spiro atoms. The molecule has 0 bridgehead atoms. The molecule has 0 aliphatic carbocycles. The third-order valence-electron chi connectivity index (χ3n) is 3.57. The second kappa shape index (κ2) is 6.64. The Hall–Kier alpha value is -2.73. The number of carbonyl (C=O) groups excluding carboxylic acids is 1. The molecule has 0 saturated carbocycles. The molecule has 0 saturated heterocycles. The van der Waals surface area contributed by atoms with Gasteiger partial charge in [-0.1, -0.05) is 11.6 Å². The zero-order valence-corrected chi connectivity index (χ0v) is 13.7. The molecule has 0 aliphatic heterocycles. The first-order valence-corrected chi connectivity index (χ1v) is 7.57. The van der Waals surface area contributed by atoms with Crippen LogP contribution in [-0.2, 0) is 11.3 Å². The van der Waals surface area contributed by atoms with E-state index in [1.54, 1.807) is 19.1 Å². The largest absolute Gasteiger partial charge is 0.457 e. The summed E-state index contributed by atoms with van der Waals surface area (Å²) < 4.78 is 36.5. The quantitative estimate of drug-likeness (QED) is 0.511. The maximum absolute atomic E-state index is 13.2. The average molecular weight is 365 g/mol. The van der Waals surface area contributed by atoms with E-state index in [0.717, 1.165) is 17.7 Å². The summed E-state index contributed by atoms with van der Waals surface area (Å²) in [7, 11) is 0. The smallest absolute Gasteiger partial charge is 0.338 e. The van der Waals surface area contributed by atoms with Crippen LogP contribution in [0.15, 0.2) is 45.6 Å². The average Bonchev–Trinajstić information content (AvgIpc) is 2.53. The van der Waals surface area contributed by atoms with Crippen LogP contribution in [0, 0.1) is 18.6 Å². The summed E-state index contributed by atoms with van der Waals surface area (Å²) in [6.45, 7) is 1.48. The molecule has 1 aromatic heterocycles. The van der Waals surface area contributed by atoms with Gasteiger partial charge in [0.05, 0.1) is 5.56 Å². The van der Waals surface area contributed by atoms with Gasteiger partial charge in [-0.2, -0.15) is 0 Å². The highest BCUT2D eigenvalue weighted by Crippen LogP contribution is 2.25. The van der Waals surface area contributed by atoms with Crippen molar-refractivity contribution in [3.63, 3.8) is 0 Å². The highest BCUT2D eigenvalue weighted by Gasteiger charge is 2.14. The lowest BCUT2D eigenvalue weighted by Crippen LogP contribution is -2.08. The van der Waals surface area contributed by atoms with Crippen molar-refractivity contribution < 1.29 is 22.7 Å². The normalized spacial score (nSPS) is 10.9. The van der Waals surface area contributed by atoms with E-state index in [2.05, 4.69) is 0 Å². The number of rotatable bonds is 3. The minimum atomic E-state index is -0.919. The van der Waals surface area contributed by atoms with E-state index in [9.17, 15) is 18.4 Å². The van der Waals surface area contributed by atoms with Crippen LogP contribution >= 0.6 is 11.6 Å². The lowest BCUT2D eigenvalue weighted by molar-refractivity contribution is 0.0472. The van der Waals surface area contributed by atoms with Gasteiger partial charge in [0.15, 0.2) is 0 Å². The van der Waals surface area contributed by atoms with Crippen LogP contribution in [0.25, 0.3) is 11.0 Å². The number of hydrogen-bond donors (Lipinski definition) is 0. The van der Waals surface area contributed by atoms with Gasteiger partial charge < -0.3 is 9.15 Å². The third-order valence-corrected chi connectivity index (χ3v) is 3.97. The summed E-state index contributed by atoms with van der Waals surface area (Å²) in [5, 5.41) is 0.967. The minimum Gasteiger partial charge on any atom is -0.457 e. The molecule has 0 radical (unpaired) electrons. The molecule has 128 valence electrons. The summed E-state index contributed by atoms with van der Waals surface area (Å²) in [4.78, 5) is 23.6. The predicted molar refractivity (Wildman–Crippen MR) is 87.7 cm³/mol. The lowest BCUT2D eigenvalue weighted by atomic mass is 10.1. The van der Waals surface area contributed by atoms with Crippen LogP contribution in [-0.4, -0.2) is 5.97 Å². The fourth-order valence-corrected chi connectivity index (χ4v) is 2.53. The highest BCUT2D eigenvalue weighted by atomic mass is 35.5. The Bertz CT molecular complexity index is 1020. The van der Waals surface area contributed by atoms with Crippen molar-refractivity contribution in [2.75, 3.05) is 0 Å². The van der Waals surface area contributed by atoms with Crippen molar-refractivity contribution in [2.45, 2.75) is 13.5 Å². The van der Waals surface area contributed by atoms with Gasteiger partial charge in [-0.15, -0.1) is 0 Å². The maximum Gasteiger partial charge on any atom is 0.338 e. The summed E-state index contributed by atoms with van der Waals surface area (Å²) in [5.41, 5.74) is 0.521. The first-order valence-electron chi connectivity index (χ1n) is 7.19. The van der Waals surface area contributed by atoms with Gasteiger partial charge >= 0.3 is 11.6 Å². The molecule has 1 heterocycles. The molecular weight excluding hydrogens is 354 g/mol. The summed E-state index contributed by atoms with van der Waals surface area (Å²) in [5.74, 6) is -2.70. The molecule has 3 rings (SSSR count). The molecule has 3 aromatic rings. The Balaban J connectivity index is 1.91. The van der Waals surface area contributed by atoms with Crippen molar-refractivity contribution in [2.24, 2.45) is 0 Å². The summed E-state index contributed by atoms with van der Waals surface area (Å²) >= 11 is 6.08. The van der Waals surface area contributed by atoms with Crippen molar-refractivity contribution in [1.29, 1.82) is 0 Å². The fraction of sp³-hybridized carbons (Fsp3) is 0.111. The molecule has 0 aliphatic rings. The molecule has 0 unspecified atom stereocenters. The number of fused-ring (bicyclic) bond motifs is 1. The van der Waals surface area contributed by atoms with Crippen molar-refractivity contribution in [1.82, 2.24) is 0 Å². The van der Waals surface area contributed by atoms with Crippen molar-refractivity contribution in [3.05, 3.63) is 80.2 Å². The standard InChI is InChI=1S/C18H11ClF2O4/c1-9-2-16-14(7-15(9)19)11(5-17(22)25-16)8-24-18(23)10-3-12(20)6-13(21)4-10/h2-7H,8H2,1H3. The third kappa shape index (κ3) is 3.69. The first-order chi connectivity index (χ1) is 11.8. The molecule has 0 atom stereocenters. The molecule has 0 amide bonds. The molecule has 25 heavy (non-hydrogen) atoms. The predicted octanol–water partition coefficient (Wildman–Crippen LogP) is 4.39. The van der Waals surface area contributed by atoms with Crippen LogP contribution in [0.2, 0.25) is 5.02 Å². The number of benzene rings is 2. The molecule has 4 nitrogen and oxygen atoms in total. The van der Waals surface area contributed by atoms with E-state index in [-0.39, 0.29) is 12.2 Å². The van der Waals surface area contributed by atoms with Crippen LogP contribution in [0.3, 0.4) is 0 Å². The first kappa shape index (κ1) is 17.1. The van der Waals surface area contributed by atoms with Crippen molar-refractivity contribution >= 4 is 28.5 Å². The van der Waals surface area contributed by atoms with E-state index < -0.39 is 23.2 Å². The van der Waals surface area contributed by atoms with E-state index in [4.69, 9.17) is 20.8 Å². The van der Waals surface area contributed by atoms with Gasteiger partial charge in [0, 0.05) is 28.1 Å². The Morgan fingerprint density at radius 2 is 1.80 bits per heavy atom. The van der Waals surface area contributed by atoms with Gasteiger partial charge in [-0.05, 0) is 36.8 Å². The Labute approximate surface area is 145 Å². The molecule has 0 N–H and O–H groups in total. The Morgan fingerprint density at radius 3 is 2.48 bits per heavy atom. The summed E-state index contributed by atoms with van der Waals surface area (Å²) in [6.07, 6.45) is 0. The SMILES string of the molecule is Cc1cc2oc(=O)cc(COC(=O)c3cc(F)cc(F)c3)c2cc1Cl. The number of carbonyl (C=O) groups is 1. The van der Waals surface area contributed by atoms with Gasteiger partial charge in [0.2, 0.25) is 0 Å². The fourth-order valence-electron chi connectivity index (χ4n) is 2.37. The highest BCUT2D eigenvalue weighted by molar-refractivity contribution is 6.32.